The van der Waals surface area contributed by atoms with Gasteiger partial charge in [0.1, 0.15) is 18.4 Å². The zero-order chi connectivity index (χ0) is 32.7. The molecule has 4 aromatic carbocycles. The lowest BCUT2D eigenvalue weighted by Crippen LogP contribution is -2.54. The van der Waals surface area contributed by atoms with E-state index in [1.807, 2.05) is 30.3 Å². The SMILES string of the molecule is O=C(NC1CCCC1)[C@H](Cc1ccccc1)N(Cc1ccccc1Cl)C(=O)CN(c1ccc(F)c(Cl)c1)S(=O)(=O)c1ccccc1. The summed E-state index contributed by atoms with van der Waals surface area (Å²) in [5.41, 5.74) is 1.41. The van der Waals surface area contributed by atoms with Crippen LogP contribution in [0.1, 0.15) is 36.8 Å². The Morgan fingerprint density at radius 2 is 1.48 bits per heavy atom. The zero-order valence-corrected chi connectivity index (χ0v) is 27.3. The van der Waals surface area contributed by atoms with Crippen molar-refractivity contribution in [2.75, 3.05) is 10.8 Å². The van der Waals surface area contributed by atoms with E-state index in [9.17, 15) is 22.4 Å². The van der Waals surface area contributed by atoms with Crippen LogP contribution in [0.5, 0.6) is 0 Å². The minimum absolute atomic E-state index is 0.00341. The van der Waals surface area contributed by atoms with Crippen molar-refractivity contribution >= 4 is 50.7 Å². The second-order valence-electron chi connectivity index (χ2n) is 11.2. The fourth-order valence-corrected chi connectivity index (χ4v) is 7.42. The zero-order valence-electron chi connectivity index (χ0n) is 25.0. The molecule has 1 N–H and O–H groups in total. The number of halogens is 3. The molecule has 5 rings (SSSR count). The lowest BCUT2D eigenvalue weighted by atomic mass is 10.0. The van der Waals surface area contributed by atoms with E-state index in [2.05, 4.69) is 5.32 Å². The second-order valence-corrected chi connectivity index (χ2v) is 13.9. The van der Waals surface area contributed by atoms with Crippen molar-refractivity contribution in [3.63, 3.8) is 0 Å². The van der Waals surface area contributed by atoms with Crippen LogP contribution in [0.2, 0.25) is 10.0 Å². The van der Waals surface area contributed by atoms with Crippen molar-refractivity contribution in [2.45, 2.75) is 55.6 Å². The summed E-state index contributed by atoms with van der Waals surface area (Å²) in [5.74, 6) is -1.72. The van der Waals surface area contributed by atoms with Crippen molar-refractivity contribution in [3.05, 3.63) is 130 Å². The number of sulfonamides is 1. The highest BCUT2D eigenvalue weighted by molar-refractivity contribution is 7.92. The van der Waals surface area contributed by atoms with Crippen LogP contribution in [0, 0.1) is 5.82 Å². The number of amides is 2. The third-order valence-electron chi connectivity index (χ3n) is 8.07. The van der Waals surface area contributed by atoms with Crippen molar-refractivity contribution < 1.29 is 22.4 Å². The Hall–Kier alpha value is -3.92. The van der Waals surface area contributed by atoms with Gasteiger partial charge in [-0.25, -0.2) is 12.8 Å². The number of nitrogens with zero attached hydrogens (tertiary/aromatic N) is 2. The molecule has 11 heteroatoms. The quantitative estimate of drug-likeness (QED) is 0.174. The summed E-state index contributed by atoms with van der Waals surface area (Å²) < 4.78 is 43.2. The van der Waals surface area contributed by atoms with Crippen LogP contribution in [0.15, 0.2) is 108 Å². The lowest BCUT2D eigenvalue weighted by molar-refractivity contribution is -0.140. The second kappa shape index (κ2) is 15.1. The summed E-state index contributed by atoms with van der Waals surface area (Å²) in [6.45, 7) is -0.747. The van der Waals surface area contributed by atoms with Crippen LogP contribution in [0.25, 0.3) is 0 Å². The number of benzene rings is 4. The first kappa shape index (κ1) is 33.4. The highest BCUT2D eigenvalue weighted by Crippen LogP contribution is 2.29. The maximum Gasteiger partial charge on any atom is 0.264 e. The average Bonchev–Trinajstić information content (AvgIpc) is 3.57. The molecule has 0 heterocycles. The summed E-state index contributed by atoms with van der Waals surface area (Å²) in [5, 5.41) is 3.23. The number of hydrogen-bond acceptors (Lipinski definition) is 4. The molecule has 1 fully saturated rings. The van der Waals surface area contributed by atoms with Gasteiger partial charge in [0.2, 0.25) is 11.8 Å². The Kier molecular flexibility index (Phi) is 11.0. The fraction of sp³-hybridized carbons (Fsp3) is 0.257. The smallest absolute Gasteiger partial charge is 0.264 e. The van der Waals surface area contributed by atoms with Gasteiger partial charge in [-0.3, -0.25) is 13.9 Å². The van der Waals surface area contributed by atoms with Gasteiger partial charge in [-0.05, 0) is 60.4 Å². The van der Waals surface area contributed by atoms with Crippen LogP contribution >= 0.6 is 23.2 Å². The topological polar surface area (TPSA) is 86.8 Å². The summed E-state index contributed by atoms with van der Waals surface area (Å²) in [6.07, 6.45) is 3.88. The van der Waals surface area contributed by atoms with Crippen molar-refractivity contribution in [1.82, 2.24) is 10.2 Å². The molecule has 0 radical (unpaired) electrons. The molecule has 7 nitrogen and oxygen atoms in total. The third-order valence-corrected chi connectivity index (χ3v) is 10.5. The summed E-state index contributed by atoms with van der Waals surface area (Å²) in [7, 11) is -4.34. The molecule has 2 amide bonds. The first-order chi connectivity index (χ1) is 22.1. The molecule has 1 saturated carbocycles. The first-order valence-electron chi connectivity index (χ1n) is 15.0. The third kappa shape index (κ3) is 8.07. The minimum Gasteiger partial charge on any atom is -0.352 e. The molecular weight excluding hydrogens is 648 g/mol. The van der Waals surface area contributed by atoms with E-state index in [-0.39, 0.29) is 40.5 Å². The van der Waals surface area contributed by atoms with Crippen molar-refractivity contribution in [1.29, 1.82) is 0 Å². The van der Waals surface area contributed by atoms with Crippen LogP contribution in [0.4, 0.5) is 10.1 Å². The number of anilines is 1. The van der Waals surface area contributed by atoms with Crippen LogP contribution in [-0.2, 0) is 32.6 Å². The molecular formula is C35H34Cl2FN3O4S. The normalized spacial score (nSPS) is 14.1. The Morgan fingerprint density at radius 1 is 0.848 bits per heavy atom. The van der Waals surface area contributed by atoms with Gasteiger partial charge < -0.3 is 10.2 Å². The van der Waals surface area contributed by atoms with Gasteiger partial charge in [0.25, 0.3) is 10.0 Å². The van der Waals surface area contributed by atoms with Gasteiger partial charge in [0.15, 0.2) is 0 Å². The van der Waals surface area contributed by atoms with E-state index >= 15 is 0 Å². The van der Waals surface area contributed by atoms with E-state index in [4.69, 9.17) is 23.2 Å². The van der Waals surface area contributed by atoms with Crippen LogP contribution in [-0.4, -0.2) is 43.8 Å². The maximum atomic E-state index is 14.5. The predicted octanol–water partition coefficient (Wildman–Crippen LogP) is 7.03. The van der Waals surface area contributed by atoms with E-state index in [1.54, 1.807) is 42.5 Å². The van der Waals surface area contributed by atoms with E-state index in [1.165, 1.54) is 23.1 Å². The standard InChI is InChI=1S/C35H34Cl2FN3O4S/c36-30-18-10-7-13-26(30)23-40(33(21-25-11-3-1-4-12-25)35(43)39-27-14-8-9-15-27)34(42)24-41(28-19-20-32(38)31(37)22-28)46(44,45)29-16-5-2-6-17-29/h1-7,10-13,16-20,22,27,33H,8-9,14-15,21,23-24H2,(H,39,43)/t33-/m0/s1. The van der Waals surface area contributed by atoms with E-state index < -0.39 is 34.3 Å². The molecule has 0 saturated heterocycles. The van der Waals surface area contributed by atoms with E-state index in [0.29, 0.717) is 10.6 Å². The molecule has 1 atom stereocenters. The lowest BCUT2D eigenvalue weighted by Gasteiger charge is -2.34. The molecule has 0 bridgehead atoms. The fourth-order valence-electron chi connectivity index (χ4n) is 5.62. The summed E-state index contributed by atoms with van der Waals surface area (Å²) >= 11 is 12.6. The monoisotopic (exact) mass is 681 g/mol. The average molecular weight is 683 g/mol. The van der Waals surface area contributed by atoms with Gasteiger partial charge >= 0.3 is 0 Å². The van der Waals surface area contributed by atoms with Gasteiger partial charge in [0.05, 0.1) is 15.6 Å². The molecule has 46 heavy (non-hydrogen) atoms. The minimum atomic E-state index is -4.34. The van der Waals surface area contributed by atoms with Gasteiger partial charge in [-0.1, -0.05) is 103 Å². The Labute approximate surface area is 279 Å². The number of hydrogen-bond donors (Lipinski definition) is 1. The summed E-state index contributed by atoms with van der Waals surface area (Å²) in [4.78, 5) is 29.9. The highest BCUT2D eigenvalue weighted by Gasteiger charge is 2.36. The molecule has 0 aromatic heterocycles. The molecule has 0 spiro atoms. The number of carbonyl (C=O) groups is 2. The highest BCUT2D eigenvalue weighted by atomic mass is 35.5. The number of nitrogens with one attached hydrogen (secondary N) is 1. The molecule has 1 aliphatic carbocycles. The maximum absolute atomic E-state index is 14.5. The molecule has 0 aliphatic heterocycles. The van der Waals surface area contributed by atoms with Crippen molar-refractivity contribution in [3.8, 4) is 0 Å². The van der Waals surface area contributed by atoms with Gasteiger partial charge in [-0.2, -0.15) is 0 Å². The summed E-state index contributed by atoms with van der Waals surface area (Å²) in [6, 6.07) is 26.4. The number of rotatable bonds is 12. The van der Waals surface area contributed by atoms with Gasteiger partial charge in [-0.15, -0.1) is 0 Å². The predicted molar refractivity (Wildman–Crippen MR) is 179 cm³/mol. The first-order valence-corrected chi connectivity index (χ1v) is 17.2. The Balaban J connectivity index is 1.58. The molecule has 1 aliphatic rings. The molecule has 4 aromatic rings. The van der Waals surface area contributed by atoms with Gasteiger partial charge in [0, 0.05) is 24.0 Å². The number of carbonyl (C=O) groups excluding carboxylic acids is 2. The van der Waals surface area contributed by atoms with Crippen molar-refractivity contribution in [2.24, 2.45) is 0 Å². The van der Waals surface area contributed by atoms with E-state index in [0.717, 1.165) is 47.7 Å². The Bertz CT molecular complexity index is 1770. The Morgan fingerprint density at radius 3 is 2.13 bits per heavy atom. The molecule has 240 valence electrons. The molecule has 0 unspecified atom stereocenters. The largest absolute Gasteiger partial charge is 0.352 e. The van der Waals surface area contributed by atoms with Crippen LogP contribution < -0.4 is 9.62 Å². The van der Waals surface area contributed by atoms with Crippen LogP contribution in [0.3, 0.4) is 0 Å².